The van der Waals surface area contributed by atoms with Crippen molar-refractivity contribution in [1.29, 1.82) is 0 Å². The Hall–Kier alpha value is -0.560. The lowest BCUT2D eigenvalue weighted by atomic mass is 10.1. The highest BCUT2D eigenvalue weighted by Gasteiger charge is 1.91. The Morgan fingerprint density at radius 1 is 1.36 bits per heavy atom. The highest BCUT2D eigenvalue weighted by molar-refractivity contribution is 9.11. The molecule has 1 heteroatoms. The zero-order valence-corrected chi connectivity index (χ0v) is 8.14. The Morgan fingerprint density at radius 2 is 2.00 bits per heavy atom. The zero-order valence-electron chi connectivity index (χ0n) is 6.55. The van der Waals surface area contributed by atoms with Crippen molar-refractivity contribution in [3.8, 4) is 0 Å². The van der Waals surface area contributed by atoms with Gasteiger partial charge in [-0.25, -0.2) is 0 Å². The Labute approximate surface area is 76.1 Å². The summed E-state index contributed by atoms with van der Waals surface area (Å²) in [7, 11) is 0. The molecule has 0 aliphatic carbocycles. The van der Waals surface area contributed by atoms with Crippen molar-refractivity contribution < 1.29 is 0 Å². The molecule has 0 fully saturated rings. The third-order valence-corrected chi connectivity index (χ3v) is 2.27. The molecule has 0 saturated heterocycles. The van der Waals surface area contributed by atoms with Crippen LogP contribution in [0, 0.1) is 0 Å². The third-order valence-electron chi connectivity index (χ3n) is 1.53. The Morgan fingerprint density at radius 3 is 2.55 bits per heavy atom. The van der Waals surface area contributed by atoms with Crippen molar-refractivity contribution in [3.05, 3.63) is 46.5 Å². The first-order valence-corrected chi connectivity index (χ1v) is 4.47. The van der Waals surface area contributed by atoms with E-state index in [1.54, 1.807) is 0 Å². The van der Waals surface area contributed by atoms with Crippen molar-refractivity contribution in [2.75, 3.05) is 0 Å². The second-order valence-corrected chi connectivity index (χ2v) is 3.42. The summed E-state index contributed by atoms with van der Waals surface area (Å²) < 4.78 is 1.24. The SMILES string of the molecule is CC=C(Br)Cc1ccccc1. The lowest BCUT2D eigenvalue weighted by Crippen LogP contribution is -1.81. The van der Waals surface area contributed by atoms with E-state index in [0.717, 1.165) is 6.42 Å². The van der Waals surface area contributed by atoms with Crippen LogP contribution in [-0.2, 0) is 6.42 Å². The number of benzene rings is 1. The highest BCUT2D eigenvalue weighted by Crippen LogP contribution is 2.12. The Kier molecular flexibility index (Phi) is 3.37. The van der Waals surface area contributed by atoms with Gasteiger partial charge < -0.3 is 0 Å². The number of hydrogen-bond donors (Lipinski definition) is 0. The molecule has 0 radical (unpaired) electrons. The molecular formula is C10H11Br. The van der Waals surface area contributed by atoms with Gasteiger partial charge in [0.1, 0.15) is 0 Å². The first-order valence-electron chi connectivity index (χ1n) is 3.67. The van der Waals surface area contributed by atoms with Gasteiger partial charge in [0.15, 0.2) is 0 Å². The largest absolute Gasteiger partial charge is 0.0772 e. The van der Waals surface area contributed by atoms with Crippen LogP contribution in [0.4, 0.5) is 0 Å². The van der Waals surface area contributed by atoms with Gasteiger partial charge >= 0.3 is 0 Å². The van der Waals surface area contributed by atoms with E-state index in [2.05, 4.69) is 46.3 Å². The van der Waals surface area contributed by atoms with Crippen molar-refractivity contribution in [1.82, 2.24) is 0 Å². The van der Waals surface area contributed by atoms with E-state index in [1.807, 2.05) is 13.0 Å². The highest BCUT2D eigenvalue weighted by atomic mass is 79.9. The van der Waals surface area contributed by atoms with Gasteiger partial charge in [0.05, 0.1) is 0 Å². The lowest BCUT2D eigenvalue weighted by Gasteiger charge is -1.97. The van der Waals surface area contributed by atoms with Gasteiger partial charge in [-0.3, -0.25) is 0 Å². The molecule has 0 spiro atoms. The maximum absolute atomic E-state index is 3.47. The van der Waals surface area contributed by atoms with Gasteiger partial charge in [-0.1, -0.05) is 52.3 Å². The van der Waals surface area contributed by atoms with E-state index < -0.39 is 0 Å². The average molecular weight is 211 g/mol. The van der Waals surface area contributed by atoms with Crippen LogP contribution in [0.2, 0.25) is 0 Å². The molecule has 0 bridgehead atoms. The van der Waals surface area contributed by atoms with Crippen molar-refractivity contribution >= 4 is 15.9 Å². The van der Waals surface area contributed by atoms with Crippen LogP contribution in [0.15, 0.2) is 40.9 Å². The molecule has 0 saturated carbocycles. The van der Waals surface area contributed by atoms with Crippen molar-refractivity contribution in [2.45, 2.75) is 13.3 Å². The first kappa shape index (κ1) is 8.54. The van der Waals surface area contributed by atoms with Gasteiger partial charge in [0.2, 0.25) is 0 Å². The minimum atomic E-state index is 0.997. The van der Waals surface area contributed by atoms with Gasteiger partial charge in [-0.2, -0.15) is 0 Å². The molecule has 1 rings (SSSR count). The molecule has 0 unspecified atom stereocenters. The number of halogens is 1. The fourth-order valence-corrected chi connectivity index (χ4v) is 1.22. The van der Waals surface area contributed by atoms with Crippen LogP contribution in [0.25, 0.3) is 0 Å². The standard InChI is InChI=1S/C10H11Br/c1-2-10(11)8-9-6-4-3-5-7-9/h2-7H,8H2,1H3. The summed E-state index contributed by atoms with van der Waals surface area (Å²) in [6.45, 7) is 2.03. The maximum atomic E-state index is 3.47. The Bertz CT molecular complexity index is 236. The van der Waals surface area contributed by atoms with Crippen molar-refractivity contribution in [3.63, 3.8) is 0 Å². The summed E-state index contributed by atoms with van der Waals surface area (Å²) in [5.41, 5.74) is 1.34. The lowest BCUT2D eigenvalue weighted by molar-refractivity contribution is 1.25. The molecule has 0 aromatic heterocycles. The van der Waals surface area contributed by atoms with E-state index >= 15 is 0 Å². The fourth-order valence-electron chi connectivity index (χ4n) is 0.893. The van der Waals surface area contributed by atoms with Crippen LogP contribution < -0.4 is 0 Å². The molecule has 11 heavy (non-hydrogen) atoms. The topological polar surface area (TPSA) is 0 Å². The predicted octanol–water partition coefficient (Wildman–Crippen LogP) is 3.53. The second-order valence-electron chi connectivity index (χ2n) is 2.40. The van der Waals surface area contributed by atoms with Crippen LogP contribution >= 0.6 is 15.9 Å². The van der Waals surface area contributed by atoms with Gasteiger partial charge in [-0.05, 0) is 17.0 Å². The number of rotatable bonds is 2. The van der Waals surface area contributed by atoms with E-state index in [4.69, 9.17) is 0 Å². The quantitative estimate of drug-likeness (QED) is 0.701. The zero-order chi connectivity index (χ0) is 8.10. The minimum absolute atomic E-state index is 0.997. The van der Waals surface area contributed by atoms with Gasteiger partial charge in [0, 0.05) is 6.42 Å². The minimum Gasteiger partial charge on any atom is -0.0772 e. The average Bonchev–Trinajstić information content (AvgIpc) is 2.06. The number of hydrogen-bond acceptors (Lipinski definition) is 0. The summed E-state index contributed by atoms with van der Waals surface area (Å²) in [5.74, 6) is 0. The van der Waals surface area contributed by atoms with Crippen molar-refractivity contribution in [2.24, 2.45) is 0 Å². The molecule has 1 aromatic carbocycles. The predicted molar refractivity (Wildman–Crippen MR) is 52.8 cm³/mol. The van der Waals surface area contributed by atoms with Crippen LogP contribution in [0.3, 0.4) is 0 Å². The van der Waals surface area contributed by atoms with E-state index in [9.17, 15) is 0 Å². The monoisotopic (exact) mass is 210 g/mol. The molecule has 58 valence electrons. The second kappa shape index (κ2) is 4.35. The van der Waals surface area contributed by atoms with E-state index in [0.29, 0.717) is 0 Å². The van der Waals surface area contributed by atoms with Gasteiger partial charge in [-0.15, -0.1) is 0 Å². The smallest absolute Gasteiger partial charge is 0.00373 e. The third kappa shape index (κ3) is 2.89. The molecule has 0 amide bonds. The normalized spacial score (nSPS) is 11.6. The summed E-state index contributed by atoms with van der Waals surface area (Å²) >= 11 is 3.47. The number of allylic oxidation sites excluding steroid dienone is 2. The summed E-state index contributed by atoms with van der Waals surface area (Å²) in [4.78, 5) is 0. The molecule has 0 atom stereocenters. The molecule has 0 N–H and O–H groups in total. The maximum Gasteiger partial charge on any atom is 0.00373 e. The fraction of sp³-hybridized carbons (Fsp3) is 0.200. The summed E-state index contributed by atoms with van der Waals surface area (Å²) in [5, 5.41) is 0. The van der Waals surface area contributed by atoms with Crippen LogP contribution in [0.5, 0.6) is 0 Å². The van der Waals surface area contributed by atoms with Gasteiger partial charge in [0.25, 0.3) is 0 Å². The summed E-state index contributed by atoms with van der Waals surface area (Å²) in [6, 6.07) is 10.4. The van der Waals surface area contributed by atoms with E-state index in [1.165, 1.54) is 10.0 Å². The first-order chi connectivity index (χ1) is 5.33. The molecule has 0 heterocycles. The molecular weight excluding hydrogens is 200 g/mol. The van der Waals surface area contributed by atoms with Crippen LogP contribution in [0.1, 0.15) is 12.5 Å². The molecule has 0 aliphatic rings. The summed E-state index contributed by atoms with van der Waals surface area (Å²) in [6.07, 6.45) is 3.07. The molecule has 0 aliphatic heterocycles. The van der Waals surface area contributed by atoms with Crippen LogP contribution in [-0.4, -0.2) is 0 Å². The Balaban J connectivity index is 2.65. The van der Waals surface area contributed by atoms with E-state index in [-0.39, 0.29) is 0 Å². The molecule has 0 nitrogen and oxygen atoms in total. The molecule has 1 aromatic rings.